The van der Waals surface area contributed by atoms with Gasteiger partial charge in [0.05, 0.1) is 5.75 Å². The average Bonchev–Trinajstić information content (AvgIpc) is 2.18. The van der Waals surface area contributed by atoms with Crippen molar-refractivity contribution in [1.82, 2.24) is 4.31 Å². The maximum absolute atomic E-state index is 11.8. The van der Waals surface area contributed by atoms with E-state index < -0.39 is 10.0 Å². The van der Waals surface area contributed by atoms with Gasteiger partial charge in [0.2, 0.25) is 10.0 Å². The van der Waals surface area contributed by atoms with Crippen LogP contribution in [0.4, 0.5) is 0 Å². The van der Waals surface area contributed by atoms with Crippen LogP contribution in [0.3, 0.4) is 0 Å². The lowest BCUT2D eigenvalue weighted by molar-refractivity contribution is 0.472. The number of rotatable bonds is 9. The Hall–Kier alpha value is -0.320. The third-order valence-corrected chi connectivity index (χ3v) is 4.00. The first-order chi connectivity index (χ1) is 7.08. The van der Waals surface area contributed by atoms with Gasteiger partial charge in [-0.15, -0.1) is 24.8 Å². The fourth-order valence-electron chi connectivity index (χ4n) is 1.10. The van der Waals surface area contributed by atoms with Crippen LogP contribution in [0, 0.1) is 0 Å². The molecule has 0 aliphatic heterocycles. The van der Waals surface area contributed by atoms with Crippen LogP contribution < -0.4 is 0 Å². The van der Waals surface area contributed by atoms with Crippen molar-refractivity contribution in [2.45, 2.75) is 12.8 Å². The molecule has 0 amide bonds. The van der Waals surface area contributed by atoms with Gasteiger partial charge in [0.1, 0.15) is 0 Å². The zero-order valence-electron chi connectivity index (χ0n) is 8.86. The smallest absolute Gasteiger partial charge is 0.212 e. The topological polar surface area (TPSA) is 37.4 Å². The van der Waals surface area contributed by atoms with Crippen molar-refractivity contribution in [2.75, 3.05) is 24.7 Å². The van der Waals surface area contributed by atoms with E-state index in [-0.39, 0.29) is 5.75 Å². The molecule has 0 aromatic rings. The van der Waals surface area contributed by atoms with Crippen LogP contribution in [0.15, 0.2) is 25.3 Å². The average molecular weight is 252 g/mol. The van der Waals surface area contributed by atoms with E-state index in [2.05, 4.69) is 13.2 Å². The lowest BCUT2D eigenvalue weighted by atomic mass is 10.4. The molecule has 5 heteroatoms. The molecule has 0 aliphatic rings. The molecular weight excluding hydrogens is 234 g/mol. The minimum absolute atomic E-state index is 0.140. The molecule has 0 heterocycles. The fourth-order valence-corrected chi connectivity index (χ4v) is 2.78. The van der Waals surface area contributed by atoms with Gasteiger partial charge < -0.3 is 0 Å². The van der Waals surface area contributed by atoms with E-state index in [9.17, 15) is 8.42 Å². The summed E-state index contributed by atoms with van der Waals surface area (Å²) in [6.45, 7) is 7.72. The van der Waals surface area contributed by atoms with Gasteiger partial charge in [0.15, 0.2) is 0 Å². The quantitative estimate of drug-likeness (QED) is 0.357. The monoisotopic (exact) mass is 251 g/mol. The number of hydrogen-bond acceptors (Lipinski definition) is 2. The molecule has 0 saturated carbocycles. The molecule has 0 aliphatic carbocycles. The second-order valence-electron chi connectivity index (χ2n) is 3.11. The highest BCUT2D eigenvalue weighted by Gasteiger charge is 2.18. The van der Waals surface area contributed by atoms with Crippen LogP contribution in [0.1, 0.15) is 12.8 Å². The molecule has 0 saturated heterocycles. The van der Waals surface area contributed by atoms with Crippen molar-refractivity contribution < 1.29 is 8.42 Å². The molecule has 0 N–H and O–H groups in total. The molecule has 3 nitrogen and oxygen atoms in total. The van der Waals surface area contributed by atoms with Crippen LogP contribution in [-0.4, -0.2) is 37.4 Å². The molecule has 0 aromatic heterocycles. The largest absolute Gasteiger partial charge is 0.214 e. The Morgan fingerprint density at radius 2 is 1.67 bits per heavy atom. The van der Waals surface area contributed by atoms with E-state index in [0.717, 1.165) is 6.42 Å². The standard InChI is InChI=1S/C10H18ClNO2S/c1-3-8-12(9-4-2)15(13,14)10-6-5-7-11/h3-4H,1-2,5-10H2. The Kier molecular flexibility index (Phi) is 7.74. The van der Waals surface area contributed by atoms with Gasteiger partial charge >= 0.3 is 0 Å². The van der Waals surface area contributed by atoms with Crippen LogP contribution >= 0.6 is 11.6 Å². The van der Waals surface area contributed by atoms with Crippen LogP contribution in [0.2, 0.25) is 0 Å². The molecule has 0 atom stereocenters. The minimum Gasteiger partial charge on any atom is -0.212 e. The second kappa shape index (κ2) is 7.91. The first-order valence-corrected chi connectivity index (χ1v) is 6.98. The molecule has 0 spiro atoms. The van der Waals surface area contributed by atoms with Gasteiger partial charge in [-0.05, 0) is 12.8 Å². The molecule has 0 aromatic carbocycles. The summed E-state index contributed by atoms with van der Waals surface area (Å²) in [4.78, 5) is 0. The third-order valence-electron chi connectivity index (χ3n) is 1.84. The summed E-state index contributed by atoms with van der Waals surface area (Å²) in [5, 5.41) is 0. The second-order valence-corrected chi connectivity index (χ2v) is 5.57. The first kappa shape index (κ1) is 14.7. The lowest BCUT2D eigenvalue weighted by Crippen LogP contribution is -2.33. The molecular formula is C10H18ClNO2S. The molecule has 0 radical (unpaired) electrons. The number of unbranched alkanes of at least 4 members (excludes halogenated alkanes) is 1. The highest BCUT2D eigenvalue weighted by molar-refractivity contribution is 7.89. The van der Waals surface area contributed by atoms with Crippen LogP contribution in [0.25, 0.3) is 0 Å². The Bertz CT molecular complexity index is 278. The predicted octanol–water partition coefficient (Wildman–Crippen LogP) is 2.01. The van der Waals surface area contributed by atoms with E-state index in [4.69, 9.17) is 11.6 Å². The van der Waals surface area contributed by atoms with Crippen LogP contribution in [0.5, 0.6) is 0 Å². The van der Waals surface area contributed by atoms with Crippen molar-refractivity contribution in [1.29, 1.82) is 0 Å². The molecule has 0 rings (SSSR count). The molecule has 0 unspecified atom stereocenters. The van der Waals surface area contributed by atoms with Crippen molar-refractivity contribution in [3.05, 3.63) is 25.3 Å². The van der Waals surface area contributed by atoms with E-state index in [1.165, 1.54) is 4.31 Å². The summed E-state index contributed by atoms with van der Waals surface area (Å²) in [6.07, 6.45) is 4.46. The number of sulfonamides is 1. The van der Waals surface area contributed by atoms with E-state index in [1.807, 2.05) is 0 Å². The molecule has 0 bridgehead atoms. The highest BCUT2D eigenvalue weighted by Crippen LogP contribution is 2.05. The summed E-state index contributed by atoms with van der Waals surface area (Å²) >= 11 is 5.49. The molecule has 88 valence electrons. The van der Waals surface area contributed by atoms with E-state index in [1.54, 1.807) is 12.2 Å². The van der Waals surface area contributed by atoms with Gasteiger partial charge in [0, 0.05) is 19.0 Å². The van der Waals surface area contributed by atoms with Gasteiger partial charge in [-0.1, -0.05) is 12.2 Å². The predicted molar refractivity (Wildman–Crippen MR) is 65.7 cm³/mol. The van der Waals surface area contributed by atoms with Crippen molar-refractivity contribution in [2.24, 2.45) is 0 Å². The van der Waals surface area contributed by atoms with Crippen LogP contribution in [-0.2, 0) is 10.0 Å². The number of halogens is 1. The number of hydrogen-bond donors (Lipinski definition) is 0. The maximum Gasteiger partial charge on any atom is 0.214 e. The summed E-state index contributed by atoms with van der Waals surface area (Å²) < 4.78 is 24.9. The van der Waals surface area contributed by atoms with Gasteiger partial charge in [-0.2, -0.15) is 4.31 Å². The molecule has 0 fully saturated rings. The summed E-state index contributed by atoms with van der Waals surface area (Å²) in [5.41, 5.74) is 0. The number of nitrogens with zero attached hydrogens (tertiary/aromatic N) is 1. The zero-order chi connectivity index (χ0) is 11.7. The maximum atomic E-state index is 11.8. The van der Waals surface area contributed by atoms with Gasteiger partial charge in [-0.3, -0.25) is 0 Å². The Morgan fingerprint density at radius 3 is 2.07 bits per heavy atom. The van der Waals surface area contributed by atoms with E-state index >= 15 is 0 Å². The normalized spacial score (nSPS) is 11.6. The first-order valence-electron chi connectivity index (χ1n) is 4.84. The number of alkyl halides is 1. The minimum atomic E-state index is -3.19. The summed E-state index contributed by atoms with van der Waals surface area (Å²) in [5.74, 6) is 0.639. The zero-order valence-corrected chi connectivity index (χ0v) is 10.4. The Labute approximate surface area is 97.5 Å². The van der Waals surface area contributed by atoms with E-state index in [0.29, 0.717) is 25.4 Å². The molecule has 15 heavy (non-hydrogen) atoms. The van der Waals surface area contributed by atoms with Crippen molar-refractivity contribution >= 4 is 21.6 Å². The lowest BCUT2D eigenvalue weighted by Gasteiger charge is -2.18. The summed E-state index contributed by atoms with van der Waals surface area (Å²) in [7, 11) is -3.19. The van der Waals surface area contributed by atoms with Gasteiger partial charge in [-0.25, -0.2) is 8.42 Å². The third kappa shape index (κ3) is 5.97. The van der Waals surface area contributed by atoms with Crippen molar-refractivity contribution in [3.8, 4) is 0 Å². The van der Waals surface area contributed by atoms with Crippen molar-refractivity contribution in [3.63, 3.8) is 0 Å². The van der Waals surface area contributed by atoms with Gasteiger partial charge in [0.25, 0.3) is 0 Å². The fraction of sp³-hybridized carbons (Fsp3) is 0.600. The Balaban J connectivity index is 4.34. The SMILES string of the molecule is C=CCN(CC=C)S(=O)(=O)CCCCCl. The Morgan fingerprint density at radius 1 is 1.13 bits per heavy atom. The summed E-state index contributed by atoms with van der Waals surface area (Å²) in [6, 6.07) is 0. The highest BCUT2D eigenvalue weighted by atomic mass is 35.5.